The van der Waals surface area contributed by atoms with Crippen LogP contribution in [-0.4, -0.2) is 11.7 Å². The standard InChI is InChI=1S/C10H10ClFO/c11-9-7-8(3-1-2-6-13)4-5-10(9)12/h1,3-5,7,13H,2,6H2. The normalized spacial score (nSPS) is 11.0. The third-order valence-corrected chi connectivity index (χ3v) is 1.84. The molecule has 0 saturated carbocycles. The molecule has 0 unspecified atom stereocenters. The van der Waals surface area contributed by atoms with E-state index in [0.717, 1.165) is 5.56 Å². The molecule has 0 heterocycles. The zero-order chi connectivity index (χ0) is 9.68. The Morgan fingerprint density at radius 3 is 2.85 bits per heavy atom. The van der Waals surface area contributed by atoms with Crippen molar-refractivity contribution in [2.45, 2.75) is 6.42 Å². The molecule has 0 aliphatic heterocycles. The Hall–Kier alpha value is -0.860. The summed E-state index contributed by atoms with van der Waals surface area (Å²) in [6, 6.07) is 4.50. The average Bonchev–Trinajstić information content (AvgIpc) is 2.12. The summed E-state index contributed by atoms with van der Waals surface area (Å²) in [5.74, 6) is -0.416. The molecule has 0 aliphatic carbocycles. The summed E-state index contributed by atoms with van der Waals surface area (Å²) < 4.78 is 12.7. The number of benzene rings is 1. The van der Waals surface area contributed by atoms with Crippen molar-refractivity contribution in [2.24, 2.45) is 0 Å². The van der Waals surface area contributed by atoms with Gasteiger partial charge in [0.15, 0.2) is 0 Å². The van der Waals surface area contributed by atoms with E-state index in [1.54, 1.807) is 18.2 Å². The van der Waals surface area contributed by atoms with E-state index >= 15 is 0 Å². The molecule has 1 N–H and O–H groups in total. The van der Waals surface area contributed by atoms with Gasteiger partial charge in [-0.05, 0) is 24.1 Å². The van der Waals surface area contributed by atoms with Crippen molar-refractivity contribution in [1.82, 2.24) is 0 Å². The molecule has 0 bridgehead atoms. The van der Waals surface area contributed by atoms with Gasteiger partial charge in [0, 0.05) is 6.61 Å². The lowest BCUT2D eigenvalue weighted by Crippen LogP contribution is -1.79. The highest BCUT2D eigenvalue weighted by atomic mass is 35.5. The van der Waals surface area contributed by atoms with E-state index < -0.39 is 5.82 Å². The van der Waals surface area contributed by atoms with Crippen molar-refractivity contribution in [1.29, 1.82) is 0 Å². The van der Waals surface area contributed by atoms with Gasteiger partial charge in [0.05, 0.1) is 5.02 Å². The molecule has 0 spiro atoms. The van der Waals surface area contributed by atoms with Crippen LogP contribution in [0.4, 0.5) is 4.39 Å². The molecule has 1 aromatic carbocycles. The van der Waals surface area contributed by atoms with Crippen LogP contribution in [0.3, 0.4) is 0 Å². The monoisotopic (exact) mass is 200 g/mol. The number of halogens is 2. The highest BCUT2D eigenvalue weighted by Gasteiger charge is 1.97. The van der Waals surface area contributed by atoms with Gasteiger partial charge < -0.3 is 5.11 Å². The summed E-state index contributed by atoms with van der Waals surface area (Å²) in [5, 5.41) is 8.62. The summed E-state index contributed by atoms with van der Waals surface area (Å²) in [4.78, 5) is 0. The third-order valence-electron chi connectivity index (χ3n) is 1.55. The molecule has 13 heavy (non-hydrogen) atoms. The van der Waals surface area contributed by atoms with E-state index in [1.165, 1.54) is 6.07 Å². The Bertz CT molecular complexity index is 310. The van der Waals surface area contributed by atoms with Crippen LogP contribution in [0.1, 0.15) is 12.0 Å². The Morgan fingerprint density at radius 2 is 2.23 bits per heavy atom. The zero-order valence-electron chi connectivity index (χ0n) is 7.00. The van der Waals surface area contributed by atoms with Crippen molar-refractivity contribution in [3.8, 4) is 0 Å². The van der Waals surface area contributed by atoms with Crippen molar-refractivity contribution in [3.63, 3.8) is 0 Å². The predicted molar refractivity (Wildman–Crippen MR) is 52.1 cm³/mol. The Kier molecular flexibility index (Phi) is 3.93. The topological polar surface area (TPSA) is 20.2 Å². The van der Waals surface area contributed by atoms with Gasteiger partial charge in [-0.1, -0.05) is 29.8 Å². The van der Waals surface area contributed by atoms with Gasteiger partial charge in [-0.15, -0.1) is 0 Å². The summed E-state index contributed by atoms with van der Waals surface area (Å²) in [6.45, 7) is 0.116. The maximum Gasteiger partial charge on any atom is 0.141 e. The van der Waals surface area contributed by atoms with Crippen LogP contribution in [0, 0.1) is 5.82 Å². The van der Waals surface area contributed by atoms with E-state index in [0.29, 0.717) is 6.42 Å². The first-order valence-electron chi connectivity index (χ1n) is 3.96. The van der Waals surface area contributed by atoms with Crippen LogP contribution < -0.4 is 0 Å². The second-order valence-corrected chi connectivity index (χ2v) is 3.00. The smallest absolute Gasteiger partial charge is 0.141 e. The minimum absolute atomic E-state index is 0.116. The van der Waals surface area contributed by atoms with Gasteiger partial charge in [0.25, 0.3) is 0 Å². The first-order chi connectivity index (χ1) is 6.24. The molecule has 1 aromatic rings. The minimum Gasteiger partial charge on any atom is -0.396 e. The lowest BCUT2D eigenvalue weighted by atomic mass is 10.2. The molecule has 0 radical (unpaired) electrons. The molecule has 3 heteroatoms. The molecule has 0 saturated heterocycles. The van der Waals surface area contributed by atoms with Crippen molar-refractivity contribution >= 4 is 17.7 Å². The largest absolute Gasteiger partial charge is 0.396 e. The number of aliphatic hydroxyl groups is 1. The molecule has 0 fully saturated rings. The van der Waals surface area contributed by atoms with Crippen LogP contribution in [0.5, 0.6) is 0 Å². The van der Waals surface area contributed by atoms with E-state index in [2.05, 4.69) is 0 Å². The summed E-state index contributed by atoms with van der Waals surface area (Å²) in [5.41, 5.74) is 0.833. The van der Waals surface area contributed by atoms with Crippen LogP contribution in [0.15, 0.2) is 24.3 Å². The highest BCUT2D eigenvalue weighted by molar-refractivity contribution is 6.30. The van der Waals surface area contributed by atoms with Gasteiger partial charge in [0.1, 0.15) is 5.82 Å². The van der Waals surface area contributed by atoms with Gasteiger partial charge in [-0.3, -0.25) is 0 Å². The first-order valence-corrected chi connectivity index (χ1v) is 4.34. The van der Waals surface area contributed by atoms with Crippen LogP contribution >= 0.6 is 11.6 Å². The van der Waals surface area contributed by atoms with Crippen LogP contribution in [0.2, 0.25) is 5.02 Å². The lowest BCUT2D eigenvalue weighted by molar-refractivity contribution is 0.303. The van der Waals surface area contributed by atoms with E-state index in [1.807, 2.05) is 6.08 Å². The fraction of sp³-hybridized carbons (Fsp3) is 0.200. The van der Waals surface area contributed by atoms with E-state index in [4.69, 9.17) is 16.7 Å². The maximum atomic E-state index is 12.7. The van der Waals surface area contributed by atoms with Crippen molar-refractivity contribution in [2.75, 3.05) is 6.61 Å². The zero-order valence-corrected chi connectivity index (χ0v) is 7.76. The number of hydrogen-bond acceptors (Lipinski definition) is 1. The van der Waals surface area contributed by atoms with Crippen LogP contribution in [-0.2, 0) is 0 Å². The molecular formula is C10H10ClFO. The SMILES string of the molecule is OCCC=Cc1ccc(F)c(Cl)c1. The number of hydrogen-bond donors (Lipinski definition) is 1. The van der Waals surface area contributed by atoms with Gasteiger partial charge >= 0.3 is 0 Å². The summed E-state index contributed by atoms with van der Waals surface area (Å²) in [6.07, 6.45) is 4.19. The summed E-state index contributed by atoms with van der Waals surface area (Å²) in [7, 11) is 0. The minimum atomic E-state index is -0.416. The van der Waals surface area contributed by atoms with Crippen LogP contribution in [0.25, 0.3) is 6.08 Å². The molecule has 0 aromatic heterocycles. The Morgan fingerprint density at radius 1 is 1.46 bits per heavy atom. The maximum absolute atomic E-state index is 12.7. The second kappa shape index (κ2) is 5.00. The van der Waals surface area contributed by atoms with Crippen molar-refractivity contribution in [3.05, 3.63) is 40.7 Å². The molecule has 70 valence electrons. The van der Waals surface area contributed by atoms with Gasteiger partial charge in [-0.25, -0.2) is 4.39 Å². The fourth-order valence-electron chi connectivity index (χ4n) is 0.910. The second-order valence-electron chi connectivity index (χ2n) is 2.59. The molecular weight excluding hydrogens is 191 g/mol. The molecule has 1 rings (SSSR count). The highest BCUT2D eigenvalue weighted by Crippen LogP contribution is 2.16. The lowest BCUT2D eigenvalue weighted by Gasteiger charge is -1.95. The molecule has 0 amide bonds. The van der Waals surface area contributed by atoms with Gasteiger partial charge in [0.2, 0.25) is 0 Å². The Balaban J connectivity index is 2.73. The quantitative estimate of drug-likeness (QED) is 0.796. The molecule has 0 atom stereocenters. The predicted octanol–water partition coefficient (Wildman–Crippen LogP) is 2.87. The van der Waals surface area contributed by atoms with Gasteiger partial charge in [-0.2, -0.15) is 0 Å². The number of aliphatic hydroxyl groups excluding tert-OH is 1. The Labute approximate surface area is 81.5 Å². The average molecular weight is 201 g/mol. The van der Waals surface area contributed by atoms with E-state index in [-0.39, 0.29) is 11.6 Å². The molecule has 1 nitrogen and oxygen atoms in total. The molecule has 0 aliphatic rings. The first kappa shape index (κ1) is 10.2. The van der Waals surface area contributed by atoms with E-state index in [9.17, 15) is 4.39 Å². The number of rotatable bonds is 3. The van der Waals surface area contributed by atoms with Crippen molar-refractivity contribution < 1.29 is 9.50 Å². The summed E-state index contributed by atoms with van der Waals surface area (Å²) >= 11 is 5.57. The fourth-order valence-corrected chi connectivity index (χ4v) is 1.10. The third kappa shape index (κ3) is 3.17.